The Morgan fingerprint density at radius 2 is 1.82 bits per heavy atom. The molecule has 2 atom stereocenters. The Morgan fingerprint density at radius 3 is 2.46 bits per heavy atom. The summed E-state index contributed by atoms with van der Waals surface area (Å²) >= 11 is 5.86. The summed E-state index contributed by atoms with van der Waals surface area (Å²) < 4.78 is 12.9. The minimum atomic E-state index is -0.398. The fraction of sp³-hybridized carbons (Fsp3) is 0.241. The quantitative estimate of drug-likeness (QED) is 0.175. The largest absolute Gasteiger partial charge is 0.497 e. The van der Waals surface area contributed by atoms with Crippen LogP contribution in [0.25, 0.3) is 5.69 Å². The van der Waals surface area contributed by atoms with Gasteiger partial charge in [-0.25, -0.2) is 0 Å². The Morgan fingerprint density at radius 1 is 1.05 bits per heavy atom. The van der Waals surface area contributed by atoms with Crippen LogP contribution in [-0.4, -0.2) is 38.7 Å². The highest BCUT2D eigenvalue weighted by Gasteiger charge is 2.41. The number of non-ortho nitro benzene ring substituents is 1. The van der Waals surface area contributed by atoms with E-state index in [4.69, 9.17) is 21.7 Å². The molecule has 3 heterocycles. The number of aryl methyl sites for hydroxylation is 1. The second kappa shape index (κ2) is 10.7. The third-order valence-corrected chi connectivity index (χ3v) is 7.47. The molecule has 39 heavy (non-hydrogen) atoms. The molecule has 1 aliphatic heterocycles. The smallest absolute Gasteiger partial charge is 0.271 e. The average Bonchev–Trinajstić information content (AvgIpc) is 3.43. The highest BCUT2D eigenvalue weighted by atomic mass is 32.1. The van der Waals surface area contributed by atoms with Crippen LogP contribution in [-0.2, 0) is 6.54 Å². The lowest BCUT2D eigenvalue weighted by Crippen LogP contribution is -2.29. The first-order valence-electron chi connectivity index (χ1n) is 12.4. The van der Waals surface area contributed by atoms with Crippen molar-refractivity contribution in [2.24, 2.45) is 0 Å². The maximum Gasteiger partial charge on any atom is 0.271 e. The Bertz CT molecular complexity index is 1520. The van der Waals surface area contributed by atoms with Gasteiger partial charge < -0.3 is 24.3 Å². The van der Waals surface area contributed by atoms with Crippen molar-refractivity contribution in [1.82, 2.24) is 19.8 Å². The van der Waals surface area contributed by atoms with Crippen molar-refractivity contribution in [2.45, 2.75) is 32.5 Å². The van der Waals surface area contributed by atoms with E-state index in [0.717, 1.165) is 34.0 Å². The fourth-order valence-corrected chi connectivity index (χ4v) is 5.57. The van der Waals surface area contributed by atoms with Gasteiger partial charge in [0.1, 0.15) is 11.5 Å². The van der Waals surface area contributed by atoms with E-state index in [1.54, 1.807) is 32.5 Å². The number of rotatable bonds is 8. The molecule has 200 valence electrons. The van der Waals surface area contributed by atoms with Gasteiger partial charge in [-0.15, -0.1) is 0 Å². The molecular weight excluding hydrogens is 514 g/mol. The monoisotopic (exact) mass is 543 g/mol. The number of nitro benzene ring substituents is 1. The molecule has 1 N–H and O–H groups in total. The Kier molecular flexibility index (Phi) is 7.21. The maximum atomic E-state index is 11.6. The first-order chi connectivity index (χ1) is 18.8. The highest BCUT2D eigenvalue weighted by Crippen LogP contribution is 2.43. The van der Waals surface area contributed by atoms with Gasteiger partial charge in [-0.05, 0) is 73.6 Å². The van der Waals surface area contributed by atoms with Gasteiger partial charge in [0.25, 0.3) is 5.69 Å². The van der Waals surface area contributed by atoms with Crippen LogP contribution >= 0.6 is 12.2 Å². The number of methoxy groups -OCH3 is 2. The molecule has 0 aliphatic carbocycles. The zero-order valence-corrected chi connectivity index (χ0v) is 22.9. The van der Waals surface area contributed by atoms with Crippen LogP contribution in [0.3, 0.4) is 0 Å². The van der Waals surface area contributed by atoms with E-state index >= 15 is 0 Å². The van der Waals surface area contributed by atoms with Crippen LogP contribution in [0.1, 0.15) is 40.3 Å². The Hall–Kier alpha value is -4.44. The molecule has 0 bridgehead atoms. The number of pyridine rings is 1. The topological polar surface area (TPSA) is 94.7 Å². The molecule has 1 aliphatic rings. The van der Waals surface area contributed by atoms with E-state index in [2.05, 4.69) is 21.3 Å². The third-order valence-electron chi connectivity index (χ3n) is 7.11. The number of nitrogens with zero attached hydrogens (tertiary/aromatic N) is 4. The summed E-state index contributed by atoms with van der Waals surface area (Å²) in [5.41, 5.74) is 5.46. The number of nitro groups is 1. The van der Waals surface area contributed by atoms with E-state index in [1.807, 2.05) is 60.9 Å². The number of thiocarbonyl (C=S) groups is 1. The van der Waals surface area contributed by atoms with E-state index in [1.165, 1.54) is 6.07 Å². The van der Waals surface area contributed by atoms with Crippen molar-refractivity contribution in [3.8, 4) is 17.2 Å². The van der Waals surface area contributed by atoms with Crippen LogP contribution in [0.4, 0.5) is 5.69 Å². The van der Waals surface area contributed by atoms with E-state index in [0.29, 0.717) is 23.1 Å². The van der Waals surface area contributed by atoms with Gasteiger partial charge in [-0.2, -0.15) is 0 Å². The second-order valence-corrected chi connectivity index (χ2v) is 9.76. The fourth-order valence-electron chi connectivity index (χ4n) is 5.27. The van der Waals surface area contributed by atoms with Gasteiger partial charge >= 0.3 is 0 Å². The summed E-state index contributed by atoms with van der Waals surface area (Å²) in [5.74, 6) is 1.34. The number of benzene rings is 2. The first-order valence-corrected chi connectivity index (χ1v) is 12.9. The maximum absolute atomic E-state index is 11.6. The van der Waals surface area contributed by atoms with Crippen molar-refractivity contribution in [1.29, 1.82) is 0 Å². The van der Waals surface area contributed by atoms with Crippen LogP contribution in [0.5, 0.6) is 11.5 Å². The molecule has 0 saturated carbocycles. The van der Waals surface area contributed by atoms with Crippen molar-refractivity contribution in [3.63, 3.8) is 0 Å². The molecule has 2 aromatic carbocycles. The lowest BCUT2D eigenvalue weighted by atomic mass is 9.96. The summed E-state index contributed by atoms with van der Waals surface area (Å²) in [5, 5.41) is 15.7. The summed E-state index contributed by atoms with van der Waals surface area (Å²) in [6, 6.07) is 20.2. The molecule has 10 heteroatoms. The molecule has 0 unspecified atom stereocenters. The summed E-state index contributed by atoms with van der Waals surface area (Å²) in [4.78, 5) is 18.0. The molecule has 1 fully saturated rings. The Balaban J connectivity index is 1.63. The molecule has 0 radical (unpaired) electrons. The minimum absolute atomic E-state index is 0.00365. The standard InChI is InChI=1S/C29H29N5O4S/c1-18-15-23(19(2)33(18)25-16-21(34(35)36)10-13-26(25)38-4)28-27(24-7-5-6-14-30-24)31-29(39)32(28)17-20-8-11-22(37-3)12-9-20/h5-16,27-28H,17H2,1-4H3,(H,31,39)/t27-,28-/m1/s1. The molecule has 5 rings (SSSR count). The number of ether oxygens (including phenoxy) is 2. The van der Waals surface area contributed by atoms with E-state index < -0.39 is 4.92 Å². The van der Waals surface area contributed by atoms with Gasteiger partial charge in [0, 0.05) is 36.3 Å². The number of aromatic nitrogens is 2. The molecule has 9 nitrogen and oxygen atoms in total. The minimum Gasteiger partial charge on any atom is -0.497 e. The molecule has 0 amide bonds. The van der Waals surface area contributed by atoms with Crippen LogP contribution in [0.2, 0.25) is 0 Å². The summed E-state index contributed by atoms with van der Waals surface area (Å²) in [6.07, 6.45) is 1.78. The van der Waals surface area contributed by atoms with E-state index in [-0.39, 0.29) is 17.8 Å². The number of hydrogen-bond donors (Lipinski definition) is 1. The molecule has 4 aromatic rings. The first kappa shape index (κ1) is 26.2. The van der Waals surface area contributed by atoms with Crippen molar-refractivity contribution < 1.29 is 14.4 Å². The molecular formula is C29H29N5O4S. The van der Waals surface area contributed by atoms with E-state index in [9.17, 15) is 10.1 Å². The Labute approximate surface area is 232 Å². The summed E-state index contributed by atoms with van der Waals surface area (Å²) in [6.45, 7) is 4.58. The predicted octanol–water partition coefficient (Wildman–Crippen LogP) is 5.59. The van der Waals surface area contributed by atoms with Crippen LogP contribution in [0, 0.1) is 24.0 Å². The number of nitrogens with one attached hydrogen (secondary N) is 1. The SMILES string of the molecule is COc1ccc(CN2C(=S)N[C@H](c3ccccn3)[C@H]2c2cc(C)n(-c3cc([N+](=O)[O-])ccc3OC)c2C)cc1. The molecule has 1 saturated heterocycles. The van der Waals surface area contributed by atoms with Gasteiger partial charge in [0.05, 0.1) is 42.6 Å². The van der Waals surface area contributed by atoms with Crippen molar-refractivity contribution in [3.05, 3.63) is 111 Å². The second-order valence-electron chi connectivity index (χ2n) is 9.38. The highest BCUT2D eigenvalue weighted by molar-refractivity contribution is 7.80. The van der Waals surface area contributed by atoms with Gasteiger partial charge in [-0.3, -0.25) is 15.1 Å². The molecule has 0 spiro atoms. The lowest BCUT2D eigenvalue weighted by Gasteiger charge is -2.28. The van der Waals surface area contributed by atoms with Crippen molar-refractivity contribution in [2.75, 3.05) is 14.2 Å². The zero-order valence-electron chi connectivity index (χ0n) is 22.1. The third kappa shape index (κ3) is 4.90. The lowest BCUT2D eigenvalue weighted by molar-refractivity contribution is -0.384. The van der Waals surface area contributed by atoms with Gasteiger partial charge in [0.2, 0.25) is 0 Å². The van der Waals surface area contributed by atoms with Crippen LogP contribution in [0.15, 0.2) is 72.9 Å². The summed E-state index contributed by atoms with van der Waals surface area (Å²) in [7, 11) is 3.21. The zero-order chi connectivity index (χ0) is 27.7. The van der Waals surface area contributed by atoms with Crippen molar-refractivity contribution >= 4 is 23.0 Å². The molecule has 2 aromatic heterocycles. The number of hydrogen-bond acceptors (Lipinski definition) is 6. The van der Waals surface area contributed by atoms with Gasteiger partial charge in [0.15, 0.2) is 5.11 Å². The normalized spacial score (nSPS) is 16.7. The average molecular weight is 544 g/mol. The van der Waals surface area contributed by atoms with Crippen LogP contribution < -0.4 is 14.8 Å². The predicted molar refractivity (Wildman–Crippen MR) is 152 cm³/mol. The van der Waals surface area contributed by atoms with Gasteiger partial charge in [-0.1, -0.05) is 18.2 Å².